The number of nitrogens with zero attached hydrogens (tertiary/aromatic N) is 2. The van der Waals surface area contributed by atoms with E-state index in [0.717, 1.165) is 32.2 Å². The van der Waals surface area contributed by atoms with Crippen LogP contribution in [-0.2, 0) is 14.8 Å². The van der Waals surface area contributed by atoms with Crippen molar-refractivity contribution in [2.24, 2.45) is 5.92 Å². The molecule has 0 N–H and O–H groups in total. The summed E-state index contributed by atoms with van der Waals surface area (Å²) in [5, 5.41) is 0. The molecule has 2 rings (SSSR count). The Morgan fingerprint density at radius 1 is 1.31 bits per heavy atom. The molecule has 1 unspecified atom stereocenters. The van der Waals surface area contributed by atoms with Crippen molar-refractivity contribution in [1.82, 2.24) is 4.90 Å². The minimum Gasteiger partial charge on any atom is -0.497 e. The van der Waals surface area contributed by atoms with Gasteiger partial charge in [0.2, 0.25) is 15.9 Å². The molecule has 1 aliphatic rings. The number of rotatable bonds is 7. The summed E-state index contributed by atoms with van der Waals surface area (Å²) in [5.74, 6) is 1.39. The summed E-state index contributed by atoms with van der Waals surface area (Å²) in [7, 11) is -0.596. The van der Waals surface area contributed by atoms with E-state index in [1.165, 1.54) is 18.5 Å². The molecule has 26 heavy (non-hydrogen) atoms. The highest BCUT2D eigenvalue weighted by Gasteiger charge is 2.25. The number of carbonyl (C=O) groups is 1. The Labute approximate surface area is 155 Å². The molecule has 1 saturated heterocycles. The molecule has 7 nitrogen and oxygen atoms in total. The first kappa shape index (κ1) is 20.4. The van der Waals surface area contributed by atoms with Crippen molar-refractivity contribution in [2.75, 3.05) is 44.4 Å². The molecular formula is C18H28N2O5S. The molecule has 0 saturated carbocycles. The zero-order valence-electron chi connectivity index (χ0n) is 15.9. The molecule has 1 aromatic carbocycles. The van der Waals surface area contributed by atoms with Crippen molar-refractivity contribution in [3.05, 3.63) is 18.2 Å². The van der Waals surface area contributed by atoms with Crippen LogP contribution < -0.4 is 13.8 Å². The number of benzene rings is 1. The number of methoxy groups -OCH3 is 2. The molecule has 8 heteroatoms. The Bertz CT molecular complexity index is 735. The lowest BCUT2D eigenvalue weighted by Crippen LogP contribution is -2.41. The molecule has 0 bridgehead atoms. The highest BCUT2D eigenvalue weighted by atomic mass is 32.2. The molecule has 1 aromatic rings. The first-order valence-corrected chi connectivity index (χ1v) is 10.6. The van der Waals surface area contributed by atoms with Crippen LogP contribution in [0.2, 0.25) is 0 Å². The Kier molecular flexibility index (Phi) is 6.75. The normalized spacial score (nSPS) is 17.7. The predicted molar refractivity (Wildman–Crippen MR) is 101 cm³/mol. The lowest BCUT2D eigenvalue weighted by Gasteiger charge is -2.32. The second-order valence-electron chi connectivity index (χ2n) is 6.71. The maximum atomic E-state index is 12.5. The molecule has 1 amide bonds. The number of amides is 1. The van der Waals surface area contributed by atoms with Gasteiger partial charge in [0.1, 0.15) is 11.5 Å². The summed E-state index contributed by atoms with van der Waals surface area (Å²) >= 11 is 0. The van der Waals surface area contributed by atoms with Crippen molar-refractivity contribution >= 4 is 21.6 Å². The standard InChI is InChI=1S/C18H28N2O5S/c1-14-6-5-10-19(13-14)18(21)9-11-20(26(4,22)23)16-12-15(24-2)7-8-17(16)25-3/h7-8,12,14H,5-6,9-11,13H2,1-4H3. The van der Waals surface area contributed by atoms with Gasteiger partial charge in [-0.25, -0.2) is 8.42 Å². The molecule has 1 aliphatic heterocycles. The smallest absolute Gasteiger partial charge is 0.232 e. The molecule has 1 heterocycles. The summed E-state index contributed by atoms with van der Waals surface area (Å²) in [4.78, 5) is 14.4. The summed E-state index contributed by atoms with van der Waals surface area (Å²) in [6.45, 7) is 3.67. The number of anilines is 1. The van der Waals surface area contributed by atoms with Gasteiger partial charge in [-0.1, -0.05) is 6.92 Å². The number of hydrogen-bond acceptors (Lipinski definition) is 5. The minimum absolute atomic E-state index is 0.0212. The van der Waals surface area contributed by atoms with Crippen molar-refractivity contribution < 1.29 is 22.7 Å². The van der Waals surface area contributed by atoms with Crippen molar-refractivity contribution in [2.45, 2.75) is 26.2 Å². The zero-order valence-corrected chi connectivity index (χ0v) is 16.7. The molecular weight excluding hydrogens is 356 g/mol. The van der Waals surface area contributed by atoms with Crippen LogP contribution in [0.3, 0.4) is 0 Å². The minimum atomic E-state index is -3.59. The van der Waals surface area contributed by atoms with Crippen LogP contribution in [0.5, 0.6) is 11.5 Å². The summed E-state index contributed by atoms with van der Waals surface area (Å²) < 4.78 is 36.4. The SMILES string of the molecule is COc1ccc(OC)c(N(CCC(=O)N2CCCC(C)C2)S(C)(=O)=O)c1. The van der Waals surface area contributed by atoms with Crippen LogP contribution in [0.1, 0.15) is 26.2 Å². The van der Waals surface area contributed by atoms with Crippen molar-refractivity contribution in [3.63, 3.8) is 0 Å². The van der Waals surface area contributed by atoms with Crippen LogP contribution >= 0.6 is 0 Å². The second kappa shape index (κ2) is 8.62. The number of sulfonamides is 1. The first-order chi connectivity index (χ1) is 12.3. The third-order valence-corrected chi connectivity index (χ3v) is 5.77. The first-order valence-electron chi connectivity index (χ1n) is 8.73. The van der Waals surface area contributed by atoms with Gasteiger partial charge in [-0.3, -0.25) is 9.10 Å². The van der Waals surface area contributed by atoms with E-state index in [0.29, 0.717) is 23.1 Å². The Balaban J connectivity index is 2.20. The molecule has 0 radical (unpaired) electrons. The highest BCUT2D eigenvalue weighted by Crippen LogP contribution is 2.34. The fourth-order valence-electron chi connectivity index (χ4n) is 3.23. The van der Waals surface area contributed by atoms with Gasteiger partial charge in [0.15, 0.2) is 0 Å². The fraction of sp³-hybridized carbons (Fsp3) is 0.611. The molecule has 1 atom stereocenters. The number of ether oxygens (including phenoxy) is 2. The van der Waals surface area contributed by atoms with Gasteiger partial charge < -0.3 is 14.4 Å². The van der Waals surface area contributed by atoms with E-state index in [1.807, 2.05) is 4.90 Å². The predicted octanol–water partition coefficient (Wildman–Crippen LogP) is 2.12. The molecule has 0 aromatic heterocycles. The van der Waals surface area contributed by atoms with E-state index in [4.69, 9.17) is 9.47 Å². The van der Waals surface area contributed by atoms with Crippen LogP contribution in [0, 0.1) is 5.92 Å². The number of carbonyl (C=O) groups excluding carboxylic acids is 1. The molecule has 146 valence electrons. The maximum absolute atomic E-state index is 12.5. The van der Waals surface area contributed by atoms with E-state index in [-0.39, 0.29) is 18.9 Å². The van der Waals surface area contributed by atoms with Crippen molar-refractivity contribution in [1.29, 1.82) is 0 Å². The molecule has 0 spiro atoms. The van der Waals surface area contributed by atoms with Gasteiger partial charge in [0.25, 0.3) is 0 Å². The van der Waals surface area contributed by atoms with Crippen LogP contribution in [0.25, 0.3) is 0 Å². The highest BCUT2D eigenvalue weighted by molar-refractivity contribution is 7.92. The lowest BCUT2D eigenvalue weighted by molar-refractivity contribution is -0.132. The Morgan fingerprint density at radius 2 is 2.04 bits per heavy atom. The van der Waals surface area contributed by atoms with Gasteiger partial charge in [0, 0.05) is 32.1 Å². The number of hydrogen-bond donors (Lipinski definition) is 0. The molecule has 0 aliphatic carbocycles. The van der Waals surface area contributed by atoms with Crippen LogP contribution in [-0.4, -0.2) is 59.3 Å². The summed E-state index contributed by atoms with van der Waals surface area (Å²) in [6.07, 6.45) is 3.37. The zero-order chi connectivity index (χ0) is 19.3. The van der Waals surface area contributed by atoms with Crippen molar-refractivity contribution in [3.8, 4) is 11.5 Å². The third kappa shape index (κ3) is 5.03. The number of piperidine rings is 1. The Morgan fingerprint density at radius 3 is 2.62 bits per heavy atom. The quantitative estimate of drug-likeness (QED) is 0.720. The molecule has 1 fully saturated rings. The summed E-state index contributed by atoms with van der Waals surface area (Å²) in [5.41, 5.74) is 0.370. The van der Waals surface area contributed by atoms with E-state index < -0.39 is 10.0 Å². The van der Waals surface area contributed by atoms with E-state index in [9.17, 15) is 13.2 Å². The Hall–Kier alpha value is -1.96. The van der Waals surface area contributed by atoms with Crippen LogP contribution in [0.15, 0.2) is 18.2 Å². The van der Waals surface area contributed by atoms with Gasteiger partial charge >= 0.3 is 0 Å². The van der Waals surface area contributed by atoms with E-state index in [1.54, 1.807) is 18.2 Å². The monoisotopic (exact) mass is 384 g/mol. The second-order valence-corrected chi connectivity index (χ2v) is 8.62. The van der Waals surface area contributed by atoms with Gasteiger partial charge in [-0.05, 0) is 30.9 Å². The van der Waals surface area contributed by atoms with E-state index in [2.05, 4.69) is 6.92 Å². The van der Waals surface area contributed by atoms with E-state index >= 15 is 0 Å². The topological polar surface area (TPSA) is 76.2 Å². The average Bonchev–Trinajstić information content (AvgIpc) is 2.60. The summed E-state index contributed by atoms with van der Waals surface area (Å²) in [6, 6.07) is 4.96. The largest absolute Gasteiger partial charge is 0.497 e. The van der Waals surface area contributed by atoms with Gasteiger partial charge in [0.05, 0.1) is 26.2 Å². The van der Waals surface area contributed by atoms with Gasteiger partial charge in [-0.2, -0.15) is 0 Å². The average molecular weight is 384 g/mol. The lowest BCUT2D eigenvalue weighted by atomic mass is 10.00. The fourth-order valence-corrected chi connectivity index (χ4v) is 4.15. The van der Waals surface area contributed by atoms with Gasteiger partial charge in [-0.15, -0.1) is 0 Å². The third-order valence-electron chi connectivity index (χ3n) is 4.59. The number of likely N-dealkylation sites (tertiary alicyclic amines) is 1. The maximum Gasteiger partial charge on any atom is 0.232 e. The van der Waals surface area contributed by atoms with Crippen LogP contribution in [0.4, 0.5) is 5.69 Å².